The first-order valence-electron chi connectivity index (χ1n) is 6.03. The second-order valence-corrected chi connectivity index (χ2v) is 10.5. The van der Waals surface area contributed by atoms with Gasteiger partial charge in [0.15, 0.2) is 0 Å². The molecule has 0 radical (unpaired) electrons. The van der Waals surface area contributed by atoms with Crippen LogP contribution in [-0.4, -0.2) is 20.7 Å². The number of ether oxygens (including phenoxy) is 1. The Kier molecular flexibility index (Phi) is 6.90. The van der Waals surface area contributed by atoms with E-state index in [9.17, 15) is 4.79 Å². The Morgan fingerprint density at radius 3 is 2.20 bits per heavy atom. The highest BCUT2D eigenvalue weighted by Crippen LogP contribution is 2.36. The summed E-state index contributed by atoms with van der Waals surface area (Å²) in [4.78, 5) is 9.82. The molecule has 1 rings (SSSR count). The van der Waals surface area contributed by atoms with Crippen molar-refractivity contribution in [3.63, 3.8) is 0 Å². The quantitative estimate of drug-likeness (QED) is 0.505. The van der Waals surface area contributed by atoms with Crippen molar-refractivity contribution >= 4 is 14.0 Å². The van der Waals surface area contributed by atoms with Gasteiger partial charge in [0.05, 0.1) is 14.7 Å². The van der Waals surface area contributed by atoms with E-state index in [1.165, 1.54) is 26.2 Å². The van der Waals surface area contributed by atoms with Crippen molar-refractivity contribution in [1.82, 2.24) is 0 Å². The van der Waals surface area contributed by atoms with Gasteiger partial charge in [0.1, 0.15) is 0 Å². The number of esters is 1. The smallest absolute Gasteiger partial charge is 0.302 e. The van der Waals surface area contributed by atoms with Crippen molar-refractivity contribution < 1.29 is 9.53 Å². The monoisotopic (exact) mass is 230 g/mol. The highest BCUT2D eigenvalue weighted by Gasteiger charge is 2.30. The van der Waals surface area contributed by atoms with Gasteiger partial charge in [-0.1, -0.05) is 45.3 Å². The molecule has 3 heteroatoms. The third-order valence-electron chi connectivity index (χ3n) is 3.39. The second kappa shape index (κ2) is 7.04. The Bertz CT molecular complexity index is 190. The van der Waals surface area contributed by atoms with Crippen LogP contribution >= 0.6 is 0 Å². The van der Waals surface area contributed by atoms with E-state index in [0.29, 0.717) is 6.61 Å². The van der Waals surface area contributed by atoms with Gasteiger partial charge < -0.3 is 4.74 Å². The maximum absolute atomic E-state index is 9.82. The summed E-state index contributed by atoms with van der Waals surface area (Å²) in [6, 6.07) is 1.58. The first-order valence-corrected chi connectivity index (χ1v) is 9.32. The van der Waals surface area contributed by atoms with E-state index in [2.05, 4.69) is 24.8 Å². The zero-order chi connectivity index (χ0) is 11.9. The zero-order valence-corrected chi connectivity index (χ0v) is 11.9. The lowest BCUT2D eigenvalue weighted by molar-refractivity contribution is -0.140. The molecule has 1 atom stereocenters. The van der Waals surface area contributed by atoms with Crippen molar-refractivity contribution in [3.05, 3.63) is 0 Å². The minimum atomic E-state index is -0.694. The molecule has 0 amide bonds. The van der Waals surface area contributed by atoms with E-state index in [1.807, 2.05) is 0 Å². The second-order valence-electron chi connectivity index (χ2n) is 5.06. The molecular formula is C12H26O2Si. The minimum Gasteiger partial charge on any atom is -0.466 e. The van der Waals surface area contributed by atoms with E-state index in [-0.39, 0.29) is 5.97 Å². The van der Waals surface area contributed by atoms with Gasteiger partial charge in [-0.3, -0.25) is 4.79 Å². The Labute approximate surface area is 95.4 Å². The van der Waals surface area contributed by atoms with Crippen molar-refractivity contribution in [2.45, 2.75) is 64.7 Å². The summed E-state index contributed by atoms with van der Waals surface area (Å²) < 4.78 is 4.40. The van der Waals surface area contributed by atoms with Crippen molar-refractivity contribution in [2.75, 3.05) is 6.61 Å². The number of hydrogen-bond acceptors (Lipinski definition) is 2. The van der Waals surface area contributed by atoms with Crippen molar-refractivity contribution in [1.29, 1.82) is 0 Å². The molecule has 0 N–H and O–H groups in total. The average molecular weight is 230 g/mol. The van der Waals surface area contributed by atoms with Crippen LogP contribution in [0.15, 0.2) is 0 Å². The Morgan fingerprint density at radius 1 is 1.40 bits per heavy atom. The molecule has 0 aromatic carbocycles. The van der Waals surface area contributed by atoms with Gasteiger partial charge in [0.2, 0.25) is 0 Å². The van der Waals surface area contributed by atoms with Crippen LogP contribution in [0.3, 0.4) is 0 Å². The lowest BCUT2D eigenvalue weighted by Crippen LogP contribution is -2.33. The maximum Gasteiger partial charge on any atom is 0.302 e. The number of carbonyl (C=O) groups excluding carboxylic acids is 1. The first-order chi connectivity index (χ1) is 6.90. The fourth-order valence-electron chi connectivity index (χ4n) is 1.87. The van der Waals surface area contributed by atoms with Crippen LogP contribution < -0.4 is 0 Å². The van der Waals surface area contributed by atoms with Gasteiger partial charge in [-0.05, 0) is 12.5 Å². The lowest BCUT2D eigenvalue weighted by atomic mass is 10.2. The highest BCUT2D eigenvalue weighted by molar-refractivity contribution is 6.78. The van der Waals surface area contributed by atoms with E-state index in [0.717, 1.165) is 5.54 Å². The molecule has 1 aliphatic rings. The molecule has 1 fully saturated rings. The molecular weight excluding hydrogens is 204 g/mol. The number of hydrogen-bond donors (Lipinski definition) is 0. The highest BCUT2D eigenvalue weighted by atomic mass is 28.3. The number of carbonyl (C=O) groups is 1. The summed E-state index contributed by atoms with van der Waals surface area (Å²) in [5, 5.41) is 0. The molecule has 0 saturated carbocycles. The van der Waals surface area contributed by atoms with E-state index >= 15 is 0 Å². The molecule has 2 nitrogen and oxygen atoms in total. The van der Waals surface area contributed by atoms with Crippen molar-refractivity contribution in [2.24, 2.45) is 0 Å². The summed E-state index contributed by atoms with van der Waals surface area (Å²) in [7, 11) is -0.694. The molecule has 1 unspecified atom stereocenters. The van der Waals surface area contributed by atoms with E-state index in [1.54, 1.807) is 13.0 Å². The van der Waals surface area contributed by atoms with Gasteiger partial charge in [0.25, 0.3) is 0 Å². The summed E-state index contributed by atoms with van der Waals surface area (Å²) in [5.41, 5.74) is 1.09. The Morgan fingerprint density at radius 2 is 2.00 bits per heavy atom. The lowest BCUT2D eigenvalue weighted by Gasteiger charge is -2.34. The fourth-order valence-corrected chi connectivity index (χ4v) is 4.51. The normalized spacial score (nSPS) is 23.7. The van der Waals surface area contributed by atoms with Crippen LogP contribution in [0.2, 0.25) is 24.7 Å². The average Bonchev–Trinajstić information content (AvgIpc) is 2.11. The largest absolute Gasteiger partial charge is 0.466 e. The molecule has 1 heterocycles. The first kappa shape index (κ1) is 14.7. The molecule has 0 spiro atoms. The minimum absolute atomic E-state index is 0.211. The zero-order valence-electron chi connectivity index (χ0n) is 10.9. The molecule has 1 saturated heterocycles. The third kappa shape index (κ3) is 6.71. The molecule has 0 aromatic rings. The third-order valence-corrected chi connectivity index (χ3v) is 7.99. The summed E-state index contributed by atoms with van der Waals surface area (Å²) >= 11 is 0. The van der Waals surface area contributed by atoms with Gasteiger partial charge in [-0.2, -0.15) is 0 Å². The Balaban J connectivity index is 0.000000288. The number of rotatable bonds is 1. The predicted octanol–water partition coefficient (Wildman–Crippen LogP) is 3.84. The van der Waals surface area contributed by atoms with Crippen LogP contribution in [0.4, 0.5) is 0 Å². The van der Waals surface area contributed by atoms with Gasteiger partial charge in [-0.15, -0.1) is 0 Å². The van der Waals surface area contributed by atoms with Crippen LogP contribution in [0.1, 0.15) is 40.0 Å². The van der Waals surface area contributed by atoms with Crippen molar-refractivity contribution in [3.8, 4) is 0 Å². The van der Waals surface area contributed by atoms with Crippen LogP contribution in [0.25, 0.3) is 0 Å². The van der Waals surface area contributed by atoms with E-state index in [4.69, 9.17) is 0 Å². The van der Waals surface area contributed by atoms with Crippen LogP contribution in [-0.2, 0) is 9.53 Å². The fraction of sp³-hybridized carbons (Fsp3) is 0.917. The maximum atomic E-state index is 9.82. The summed E-state index contributed by atoms with van der Waals surface area (Å²) in [5.74, 6) is -0.211. The standard InChI is InChI=1S/C8H18Si.C4H8O2/c1-8-6-4-5-7-9(8,2)3;1-3-6-4(2)5/h8H,4-7H2,1-3H3;3H2,1-2H3. The molecule has 0 aliphatic carbocycles. The van der Waals surface area contributed by atoms with Gasteiger partial charge in [0, 0.05) is 6.92 Å². The van der Waals surface area contributed by atoms with Gasteiger partial charge in [-0.25, -0.2) is 0 Å². The molecule has 0 aromatic heterocycles. The molecule has 90 valence electrons. The summed E-state index contributed by atoms with van der Waals surface area (Å²) in [6.45, 7) is 11.2. The Hall–Kier alpha value is -0.313. The van der Waals surface area contributed by atoms with E-state index < -0.39 is 8.07 Å². The van der Waals surface area contributed by atoms with Crippen LogP contribution in [0, 0.1) is 0 Å². The molecule has 0 bridgehead atoms. The molecule has 1 aliphatic heterocycles. The van der Waals surface area contributed by atoms with Gasteiger partial charge >= 0.3 is 5.97 Å². The topological polar surface area (TPSA) is 26.3 Å². The predicted molar refractivity (Wildman–Crippen MR) is 67.9 cm³/mol. The molecule has 15 heavy (non-hydrogen) atoms. The van der Waals surface area contributed by atoms with Crippen LogP contribution in [0.5, 0.6) is 0 Å². The summed E-state index contributed by atoms with van der Waals surface area (Å²) in [6.07, 6.45) is 4.53. The SMILES string of the molecule is CC1CCCC[Si]1(C)C.CCOC(C)=O.